The van der Waals surface area contributed by atoms with Crippen LogP contribution >= 0.6 is 0 Å². The van der Waals surface area contributed by atoms with E-state index < -0.39 is 0 Å². The second-order valence-corrected chi connectivity index (χ2v) is 2.85. The van der Waals surface area contributed by atoms with Gasteiger partial charge >= 0.3 is 0 Å². The third-order valence-corrected chi connectivity index (χ3v) is 2.06. The molecule has 1 heterocycles. The first kappa shape index (κ1) is 8.04. The van der Waals surface area contributed by atoms with Crippen LogP contribution in [0.5, 0.6) is 0 Å². The zero-order valence-electron chi connectivity index (χ0n) is 7.29. The molecule has 0 spiro atoms. The van der Waals surface area contributed by atoms with Crippen LogP contribution in [0.4, 0.5) is 10.3 Å². The molecule has 0 aliphatic carbocycles. The summed E-state index contributed by atoms with van der Waals surface area (Å²) in [5, 5.41) is 0. The Hall–Kier alpha value is -1.58. The zero-order valence-corrected chi connectivity index (χ0v) is 7.29. The number of fused-ring (bicyclic) bond motifs is 1. The van der Waals surface area contributed by atoms with E-state index in [2.05, 4.69) is 4.98 Å². The van der Waals surface area contributed by atoms with Gasteiger partial charge in [0.2, 0.25) is 5.95 Å². The fourth-order valence-corrected chi connectivity index (χ4v) is 1.45. The summed E-state index contributed by atoms with van der Waals surface area (Å²) in [6.45, 7) is 2.72. The third-order valence-electron chi connectivity index (χ3n) is 2.06. The van der Waals surface area contributed by atoms with E-state index in [0.717, 1.165) is 12.1 Å². The van der Waals surface area contributed by atoms with Crippen LogP contribution in [0.1, 0.15) is 6.92 Å². The molecule has 0 unspecified atom stereocenters. The third kappa shape index (κ3) is 1.14. The highest BCUT2D eigenvalue weighted by Crippen LogP contribution is 2.18. The molecule has 0 fully saturated rings. The largest absolute Gasteiger partial charge is 0.369 e. The summed E-state index contributed by atoms with van der Waals surface area (Å²) in [6, 6.07) is 4.49. The molecule has 0 bridgehead atoms. The van der Waals surface area contributed by atoms with Crippen LogP contribution in [-0.4, -0.2) is 9.55 Å². The smallest absolute Gasteiger partial charge is 0.201 e. The van der Waals surface area contributed by atoms with Crippen molar-refractivity contribution in [3.8, 4) is 0 Å². The molecule has 13 heavy (non-hydrogen) atoms. The van der Waals surface area contributed by atoms with E-state index in [1.165, 1.54) is 12.1 Å². The van der Waals surface area contributed by atoms with Gasteiger partial charge in [0.25, 0.3) is 0 Å². The number of anilines is 1. The molecule has 2 rings (SSSR count). The lowest BCUT2D eigenvalue weighted by atomic mass is 10.3. The SMILES string of the molecule is CCn1c(N)nc2cc(F)ccc21. The number of hydrogen-bond acceptors (Lipinski definition) is 2. The van der Waals surface area contributed by atoms with Gasteiger partial charge < -0.3 is 10.3 Å². The van der Waals surface area contributed by atoms with Gasteiger partial charge in [0.1, 0.15) is 5.82 Å². The Kier molecular flexibility index (Phi) is 1.69. The summed E-state index contributed by atoms with van der Waals surface area (Å²) in [5.74, 6) is 0.149. The van der Waals surface area contributed by atoms with Crippen molar-refractivity contribution in [1.82, 2.24) is 9.55 Å². The van der Waals surface area contributed by atoms with E-state index in [4.69, 9.17) is 5.73 Å². The van der Waals surface area contributed by atoms with E-state index in [0.29, 0.717) is 11.5 Å². The number of hydrogen-bond donors (Lipinski definition) is 1. The predicted octanol–water partition coefficient (Wildman–Crippen LogP) is 1.78. The van der Waals surface area contributed by atoms with Crippen molar-refractivity contribution in [2.75, 3.05) is 5.73 Å². The number of halogens is 1. The summed E-state index contributed by atoms with van der Waals surface area (Å²) < 4.78 is 14.6. The first-order valence-corrected chi connectivity index (χ1v) is 4.13. The average molecular weight is 179 g/mol. The first-order valence-electron chi connectivity index (χ1n) is 4.13. The summed E-state index contributed by atoms with van der Waals surface area (Å²) in [7, 11) is 0. The van der Waals surface area contributed by atoms with Crippen LogP contribution in [0.15, 0.2) is 18.2 Å². The quantitative estimate of drug-likeness (QED) is 0.725. The fraction of sp³-hybridized carbons (Fsp3) is 0.222. The predicted molar refractivity (Wildman–Crippen MR) is 49.8 cm³/mol. The Morgan fingerprint density at radius 1 is 1.54 bits per heavy atom. The van der Waals surface area contributed by atoms with Crippen molar-refractivity contribution in [3.05, 3.63) is 24.0 Å². The Morgan fingerprint density at radius 3 is 3.00 bits per heavy atom. The van der Waals surface area contributed by atoms with Crippen molar-refractivity contribution in [2.24, 2.45) is 0 Å². The van der Waals surface area contributed by atoms with Crippen LogP contribution < -0.4 is 5.73 Å². The molecule has 4 heteroatoms. The monoisotopic (exact) mass is 179 g/mol. The van der Waals surface area contributed by atoms with E-state index >= 15 is 0 Å². The number of nitrogen functional groups attached to an aromatic ring is 1. The highest BCUT2D eigenvalue weighted by Gasteiger charge is 2.06. The molecule has 2 N–H and O–H groups in total. The van der Waals surface area contributed by atoms with E-state index in [1.807, 2.05) is 11.5 Å². The summed E-state index contributed by atoms with van der Waals surface area (Å²) in [6.07, 6.45) is 0. The van der Waals surface area contributed by atoms with Crippen molar-refractivity contribution < 1.29 is 4.39 Å². The Balaban J connectivity index is 2.79. The maximum atomic E-state index is 12.8. The topological polar surface area (TPSA) is 43.8 Å². The molecule has 1 aromatic heterocycles. The lowest BCUT2D eigenvalue weighted by Crippen LogP contribution is -2.00. The number of rotatable bonds is 1. The normalized spacial score (nSPS) is 10.9. The molecule has 0 amide bonds. The lowest BCUT2D eigenvalue weighted by molar-refractivity contribution is 0.629. The highest BCUT2D eigenvalue weighted by atomic mass is 19.1. The van der Waals surface area contributed by atoms with Crippen LogP contribution in [-0.2, 0) is 6.54 Å². The fourth-order valence-electron chi connectivity index (χ4n) is 1.45. The molecular weight excluding hydrogens is 169 g/mol. The molecule has 0 aliphatic heterocycles. The number of aryl methyl sites for hydroxylation is 1. The average Bonchev–Trinajstić information content (AvgIpc) is 2.39. The Bertz CT molecular complexity index is 447. The van der Waals surface area contributed by atoms with Gasteiger partial charge in [0, 0.05) is 12.6 Å². The highest BCUT2D eigenvalue weighted by molar-refractivity contribution is 5.78. The second kappa shape index (κ2) is 2.73. The molecule has 3 nitrogen and oxygen atoms in total. The molecule has 0 saturated carbocycles. The molecule has 0 radical (unpaired) electrons. The molecule has 0 aliphatic rings. The molecule has 68 valence electrons. The van der Waals surface area contributed by atoms with E-state index in [9.17, 15) is 4.39 Å². The second-order valence-electron chi connectivity index (χ2n) is 2.85. The van der Waals surface area contributed by atoms with Gasteiger partial charge in [-0.1, -0.05) is 0 Å². The number of aromatic nitrogens is 2. The number of benzene rings is 1. The van der Waals surface area contributed by atoms with Crippen LogP contribution in [0.2, 0.25) is 0 Å². The van der Waals surface area contributed by atoms with Gasteiger partial charge in [-0.05, 0) is 19.1 Å². The molecule has 0 atom stereocenters. The van der Waals surface area contributed by atoms with Gasteiger partial charge in [-0.15, -0.1) is 0 Å². The Labute approximate surface area is 75.0 Å². The molecule has 0 saturated heterocycles. The Morgan fingerprint density at radius 2 is 2.31 bits per heavy atom. The lowest BCUT2D eigenvalue weighted by Gasteiger charge is -1.99. The van der Waals surface area contributed by atoms with Gasteiger partial charge in [-0.2, -0.15) is 0 Å². The van der Waals surface area contributed by atoms with Crippen LogP contribution in [0, 0.1) is 5.82 Å². The van der Waals surface area contributed by atoms with Gasteiger partial charge in [0.15, 0.2) is 0 Å². The van der Waals surface area contributed by atoms with Gasteiger partial charge in [0.05, 0.1) is 11.0 Å². The first-order chi connectivity index (χ1) is 6.22. The van der Waals surface area contributed by atoms with Crippen molar-refractivity contribution in [3.63, 3.8) is 0 Å². The van der Waals surface area contributed by atoms with Crippen molar-refractivity contribution in [1.29, 1.82) is 0 Å². The van der Waals surface area contributed by atoms with Crippen LogP contribution in [0.25, 0.3) is 11.0 Å². The number of imidazole rings is 1. The molecular formula is C9H10FN3. The summed E-state index contributed by atoms with van der Waals surface area (Å²) >= 11 is 0. The number of nitrogens with two attached hydrogens (primary N) is 1. The van der Waals surface area contributed by atoms with Gasteiger partial charge in [-0.25, -0.2) is 9.37 Å². The molecule has 1 aromatic carbocycles. The standard InChI is InChI=1S/C9H10FN3/c1-2-13-8-4-3-6(10)5-7(8)12-9(13)11/h3-5H,2H2,1H3,(H2,11,12). The minimum atomic E-state index is -0.284. The summed E-state index contributed by atoms with van der Waals surface area (Å²) in [4.78, 5) is 4.05. The van der Waals surface area contributed by atoms with Gasteiger partial charge in [-0.3, -0.25) is 0 Å². The van der Waals surface area contributed by atoms with Crippen molar-refractivity contribution in [2.45, 2.75) is 13.5 Å². The van der Waals surface area contributed by atoms with E-state index in [-0.39, 0.29) is 5.82 Å². The maximum absolute atomic E-state index is 12.8. The van der Waals surface area contributed by atoms with Crippen molar-refractivity contribution >= 4 is 17.0 Å². The zero-order chi connectivity index (χ0) is 9.42. The minimum Gasteiger partial charge on any atom is -0.369 e. The van der Waals surface area contributed by atoms with Crippen LogP contribution in [0.3, 0.4) is 0 Å². The summed E-state index contributed by atoms with van der Waals surface area (Å²) in [5.41, 5.74) is 7.13. The minimum absolute atomic E-state index is 0.284. The maximum Gasteiger partial charge on any atom is 0.201 e. The van der Waals surface area contributed by atoms with E-state index in [1.54, 1.807) is 6.07 Å². The molecule has 2 aromatic rings. The number of nitrogens with zero attached hydrogens (tertiary/aromatic N) is 2.